The van der Waals surface area contributed by atoms with Crippen LogP contribution >= 0.6 is 0 Å². The molecule has 0 saturated carbocycles. The second-order valence-corrected chi connectivity index (χ2v) is 3.51. The van der Waals surface area contributed by atoms with Crippen molar-refractivity contribution in [3.63, 3.8) is 0 Å². The monoisotopic (exact) mass is 187 g/mol. The van der Waals surface area contributed by atoms with Crippen LogP contribution < -0.4 is 0 Å². The third-order valence-electron chi connectivity index (χ3n) is 2.54. The Morgan fingerprint density at radius 2 is 2.38 bits per heavy atom. The van der Waals surface area contributed by atoms with E-state index < -0.39 is 6.29 Å². The van der Waals surface area contributed by atoms with Gasteiger partial charge >= 0.3 is 0 Å². The van der Waals surface area contributed by atoms with Crippen molar-refractivity contribution in [3.8, 4) is 0 Å². The number of rotatable bonds is 3. The molecule has 0 aromatic carbocycles. The lowest BCUT2D eigenvalue weighted by Crippen LogP contribution is -2.21. The Kier molecular flexibility index (Phi) is 2.83. The van der Waals surface area contributed by atoms with Gasteiger partial charge in [0.1, 0.15) is 0 Å². The Balaban J connectivity index is 1.78. The summed E-state index contributed by atoms with van der Waals surface area (Å²) in [5.41, 5.74) is 0. The van der Waals surface area contributed by atoms with Crippen LogP contribution in [0.4, 0.5) is 0 Å². The van der Waals surface area contributed by atoms with Crippen LogP contribution in [-0.4, -0.2) is 31.4 Å². The molecule has 2 aliphatic heterocycles. The van der Waals surface area contributed by atoms with Crippen molar-refractivity contribution in [2.75, 3.05) is 6.61 Å². The second-order valence-electron chi connectivity index (χ2n) is 3.51. The topological polar surface area (TPSA) is 47.6 Å². The largest absolute Gasteiger partial charge is 0.375 e. The van der Waals surface area contributed by atoms with Gasteiger partial charge in [-0.05, 0) is 12.8 Å². The van der Waals surface area contributed by atoms with Crippen LogP contribution in [0.5, 0.6) is 0 Å². The molecule has 2 saturated heterocycles. The van der Waals surface area contributed by atoms with E-state index in [4.69, 9.17) is 14.2 Å². The summed E-state index contributed by atoms with van der Waals surface area (Å²) in [6.45, 7) is 2.58. The Morgan fingerprint density at radius 3 is 3.08 bits per heavy atom. The van der Waals surface area contributed by atoms with Gasteiger partial charge in [-0.25, -0.2) is 5.11 Å². The highest BCUT2D eigenvalue weighted by atomic mass is 16.7. The number of ether oxygens (including phenoxy) is 3. The Bertz CT molecular complexity index is 158. The standard InChI is InChI=1S/C9H15O4/c1-2-8(10)13-9-5-7-6(12-9)3-4-11-7/h6-9H,2-5H2,1H3. The molecule has 2 rings (SSSR count). The van der Waals surface area contributed by atoms with Crippen LogP contribution in [0.1, 0.15) is 26.2 Å². The van der Waals surface area contributed by atoms with Crippen LogP contribution in [0.15, 0.2) is 0 Å². The fourth-order valence-corrected chi connectivity index (χ4v) is 1.80. The molecule has 4 unspecified atom stereocenters. The van der Waals surface area contributed by atoms with Crippen molar-refractivity contribution in [1.82, 2.24) is 0 Å². The van der Waals surface area contributed by atoms with Gasteiger partial charge in [-0.1, -0.05) is 6.92 Å². The summed E-state index contributed by atoms with van der Waals surface area (Å²) in [7, 11) is 0. The minimum Gasteiger partial charge on any atom is -0.375 e. The fourth-order valence-electron chi connectivity index (χ4n) is 1.80. The number of hydrogen-bond donors (Lipinski definition) is 0. The van der Waals surface area contributed by atoms with E-state index in [9.17, 15) is 5.11 Å². The highest BCUT2D eigenvalue weighted by molar-refractivity contribution is 4.84. The van der Waals surface area contributed by atoms with Gasteiger partial charge < -0.3 is 14.2 Å². The van der Waals surface area contributed by atoms with Crippen LogP contribution in [0, 0.1) is 0 Å². The first-order chi connectivity index (χ1) is 6.29. The van der Waals surface area contributed by atoms with Gasteiger partial charge in [0, 0.05) is 13.0 Å². The molecule has 4 atom stereocenters. The van der Waals surface area contributed by atoms with E-state index in [2.05, 4.69) is 0 Å². The molecule has 0 bridgehead atoms. The van der Waals surface area contributed by atoms with Crippen molar-refractivity contribution in [2.45, 2.75) is 51.0 Å². The lowest BCUT2D eigenvalue weighted by molar-refractivity contribution is -0.241. The highest BCUT2D eigenvalue weighted by Crippen LogP contribution is 2.31. The van der Waals surface area contributed by atoms with Crippen molar-refractivity contribution in [1.29, 1.82) is 0 Å². The zero-order valence-corrected chi connectivity index (χ0v) is 7.77. The smallest absolute Gasteiger partial charge is 0.194 e. The van der Waals surface area contributed by atoms with Crippen LogP contribution in [0.3, 0.4) is 0 Å². The van der Waals surface area contributed by atoms with Crippen LogP contribution in [0.25, 0.3) is 0 Å². The summed E-state index contributed by atoms with van der Waals surface area (Å²) in [6.07, 6.45) is 1.16. The minimum absolute atomic E-state index is 0.161. The van der Waals surface area contributed by atoms with E-state index in [0.717, 1.165) is 13.0 Å². The van der Waals surface area contributed by atoms with Crippen LogP contribution in [-0.2, 0) is 19.3 Å². The van der Waals surface area contributed by atoms with Crippen molar-refractivity contribution in [3.05, 3.63) is 0 Å². The SMILES string of the molecule is CCC([O])OC1CC2OCCC2O1. The molecule has 4 nitrogen and oxygen atoms in total. The van der Waals surface area contributed by atoms with Crippen molar-refractivity contribution >= 4 is 0 Å². The molecule has 0 aromatic rings. The predicted octanol–water partition coefficient (Wildman–Crippen LogP) is 1.07. The van der Waals surface area contributed by atoms with E-state index in [1.165, 1.54) is 0 Å². The van der Waals surface area contributed by atoms with E-state index in [1.807, 2.05) is 6.92 Å². The molecular formula is C9H15O4. The van der Waals surface area contributed by atoms with Gasteiger partial charge in [-0.15, -0.1) is 0 Å². The fraction of sp³-hybridized carbons (Fsp3) is 1.00. The zero-order chi connectivity index (χ0) is 9.26. The molecule has 0 aliphatic carbocycles. The molecular weight excluding hydrogens is 172 g/mol. The highest BCUT2D eigenvalue weighted by Gasteiger charge is 2.40. The molecule has 2 aliphatic rings. The molecule has 1 radical (unpaired) electrons. The summed E-state index contributed by atoms with van der Waals surface area (Å²) in [6, 6.07) is 0. The molecule has 4 heteroatoms. The molecule has 0 amide bonds. The van der Waals surface area contributed by atoms with E-state index >= 15 is 0 Å². The first-order valence-corrected chi connectivity index (χ1v) is 4.88. The molecule has 13 heavy (non-hydrogen) atoms. The average molecular weight is 187 g/mol. The summed E-state index contributed by atoms with van der Waals surface area (Å²) < 4.78 is 16.1. The Labute approximate surface area is 77.8 Å². The Morgan fingerprint density at radius 1 is 1.54 bits per heavy atom. The minimum atomic E-state index is -0.955. The Hall–Kier alpha value is -0.160. The van der Waals surface area contributed by atoms with Gasteiger partial charge in [-0.2, -0.15) is 0 Å². The normalized spacial score (nSPS) is 40.6. The lowest BCUT2D eigenvalue weighted by atomic mass is 10.2. The van der Waals surface area contributed by atoms with Gasteiger partial charge in [-0.3, -0.25) is 0 Å². The summed E-state index contributed by atoms with van der Waals surface area (Å²) >= 11 is 0. The molecule has 2 fully saturated rings. The summed E-state index contributed by atoms with van der Waals surface area (Å²) in [5, 5.41) is 11.0. The third-order valence-corrected chi connectivity index (χ3v) is 2.54. The first kappa shape index (κ1) is 9.40. The van der Waals surface area contributed by atoms with E-state index in [-0.39, 0.29) is 18.5 Å². The third kappa shape index (κ3) is 2.02. The summed E-state index contributed by atoms with van der Waals surface area (Å²) in [5.74, 6) is 0. The number of hydrogen-bond acceptors (Lipinski definition) is 3. The number of fused-ring (bicyclic) bond motifs is 1. The van der Waals surface area contributed by atoms with Crippen molar-refractivity contribution in [2.24, 2.45) is 0 Å². The molecule has 0 aromatic heterocycles. The van der Waals surface area contributed by atoms with Crippen LogP contribution in [0.2, 0.25) is 0 Å². The van der Waals surface area contributed by atoms with Gasteiger partial charge in [0.25, 0.3) is 0 Å². The van der Waals surface area contributed by atoms with Gasteiger partial charge in [0.2, 0.25) is 0 Å². The molecule has 2 heterocycles. The molecule has 0 N–H and O–H groups in total. The van der Waals surface area contributed by atoms with Gasteiger partial charge in [0.15, 0.2) is 12.6 Å². The van der Waals surface area contributed by atoms with E-state index in [1.54, 1.807) is 0 Å². The molecule has 0 spiro atoms. The van der Waals surface area contributed by atoms with Gasteiger partial charge in [0.05, 0.1) is 12.2 Å². The predicted molar refractivity (Wildman–Crippen MR) is 43.5 cm³/mol. The zero-order valence-electron chi connectivity index (χ0n) is 7.77. The quantitative estimate of drug-likeness (QED) is 0.621. The van der Waals surface area contributed by atoms with Crippen molar-refractivity contribution < 1.29 is 19.3 Å². The maximum atomic E-state index is 11.0. The molecule has 75 valence electrons. The maximum absolute atomic E-state index is 11.0. The van der Waals surface area contributed by atoms with E-state index in [0.29, 0.717) is 12.8 Å². The first-order valence-electron chi connectivity index (χ1n) is 4.88. The maximum Gasteiger partial charge on any atom is 0.194 e. The average Bonchev–Trinajstić information content (AvgIpc) is 2.63. The lowest BCUT2D eigenvalue weighted by Gasteiger charge is -2.15. The summed E-state index contributed by atoms with van der Waals surface area (Å²) in [4.78, 5) is 0. The second kappa shape index (κ2) is 3.92.